The molecule has 3 rings (SSSR count). The maximum Gasteiger partial charge on any atom is 0.308 e. The van der Waals surface area contributed by atoms with Gasteiger partial charge in [0.15, 0.2) is 0 Å². The molecule has 3 aliphatic rings. The topological polar surface area (TPSA) is 507 Å². The van der Waals surface area contributed by atoms with E-state index in [0.717, 1.165) is 48.8 Å². The lowest BCUT2D eigenvalue weighted by atomic mass is 9.96. The number of unbranched alkanes of at least 4 members (excludes halogenated alkanes) is 4. The molecule has 91 heavy (non-hydrogen) atoms. The number of nitrogens with zero attached hydrogens (tertiary/aromatic N) is 2. The van der Waals surface area contributed by atoms with Crippen molar-refractivity contribution in [3.63, 3.8) is 0 Å². The zero-order chi connectivity index (χ0) is 68.4. The predicted octanol–water partition coefficient (Wildman–Crippen LogP) is -3.41. The van der Waals surface area contributed by atoms with Crippen LogP contribution >= 0.6 is 0 Å². The summed E-state index contributed by atoms with van der Waals surface area (Å²) in [5, 5.41) is 62.2. The van der Waals surface area contributed by atoms with Crippen LogP contribution in [-0.4, -0.2) is 218 Å². The van der Waals surface area contributed by atoms with Gasteiger partial charge in [0.2, 0.25) is 70.9 Å². The molecule has 3 fully saturated rings. The summed E-state index contributed by atoms with van der Waals surface area (Å²) in [6.45, 7) is 8.65. The first kappa shape index (κ1) is 76.5. The lowest BCUT2D eigenvalue weighted by molar-refractivity contribution is -0.150. The minimum absolute atomic E-state index is 0.0222. The van der Waals surface area contributed by atoms with Crippen LogP contribution in [0.2, 0.25) is 0 Å². The molecule has 3 heterocycles. The molecule has 0 bridgehead atoms. The van der Waals surface area contributed by atoms with Crippen molar-refractivity contribution in [2.45, 2.75) is 211 Å². The number of nitrogens with one attached hydrogen (secondary N) is 10. The van der Waals surface area contributed by atoms with Crippen molar-refractivity contribution in [3.8, 4) is 0 Å². The van der Waals surface area contributed by atoms with E-state index in [4.69, 9.17) is 5.73 Å². The van der Waals surface area contributed by atoms with Crippen molar-refractivity contribution < 1.29 is 97.1 Å². The van der Waals surface area contributed by atoms with Gasteiger partial charge in [-0.25, -0.2) is 0 Å². The SMILES string of the molecule is CC(C)CCCCCC/C=C\CC(=O)N[C@@H](CC(=O)O)C(=O)N[C@@H]1C(=O)N2CCCC[C@@H]2C(=O)N[C@@H]([C@H](C)C(=O)O)C(=O)N[C@@H](CC(=O)O)C(=O)NCC(=O)N[C@@H](CC(=O)O)C(=O)NCC(=O)N[C@H]([C@@H](C)N)C(=O)N[C@H](C(C)C)C(=O)N2CCC[C@H]2C(=O)N[C@@H]1C. The number of aliphatic carboxylic acids is 4. The Morgan fingerprint density at radius 1 is 0.582 bits per heavy atom. The Kier molecular flexibility index (Phi) is 31.4. The Balaban J connectivity index is 2.17. The third-order valence-electron chi connectivity index (χ3n) is 15.5. The summed E-state index contributed by atoms with van der Waals surface area (Å²) in [7, 11) is 0. The fraction of sp³-hybridized carbons (Fsp3) is 0.690. The zero-order valence-electron chi connectivity index (χ0n) is 52.5. The van der Waals surface area contributed by atoms with Crippen LogP contribution in [0.25, 0.3) is 0 Å². The van der Waals surface area contributed by atoms with Gasteiger partial charge in [-0.3, -0.25) is 76.7 Å². The van der Waals surface area contributed by atoms with Crippen LogP contribution in [0.15, 0.2) is 12.2 Å². The van der Waals surface area contributed by atoms with Crippen molar-refractivity contribution in [1.29, 1.82) is 0 Å². The molecule has 16 N–H and O–H groups in total. The number of allylic oxidation sites excluding steroid dienone is 1. The van der Waals surface area contributed by atoms with Crippen LogP contribution in [0.4, 0.5) is 0 Å². The molecule has 12 atom stereocenters. The van der Waals surface area contributed by atoms with E-state index >= 15 is 4.79 Å². The maximum absolute atomic E-state index is 15.2. The first-order valence-electron chi connectivity index (χ1n) is 30.6. The molecule has 0 saturated carbocycles. The molecule has 0 aliphatic carbocycles. The van der Waals surface area contributed by atoms with E-state index < -0.39 is 205 Å². The molecule has 3 aliphatic heterocycles. The van der Waals surface area contributed by atoms with Gasteiger partial charge in [-0.15, -0.1) is 0 Å². The minimum Gasteiger partial charge on any atom is -0.481 e. The predicted molar refractivity (Wildman–Crippen MR) is 320 cm³/mol. The van der Waals surface area contributed by atoms with Crippen LogP contribution in [0.3, 0.4) is 0 Å². The Morgan fingerprint density at radius 3 is 1.67 bits per heavy atom. The summed E-state index contributed by atoms with van der Waals surface area (Å²) in [6.07, 6.45) is 6.00. The number of carbonyl (C=O) groups excluding carboxylic acids is 12. The molecule has 0 radical (unpaired) electrons. The zero-order valence-corrected chi connectivity index (χ0v) is 52.5. The number of carbonyl (C=O) groups is 16. The highest BCUT2D eigenvalue weighted by atomic mass is 16.4. The highest BCUT2D eigenvalue weighted by Crippen LogP contribution is 2.24. The van der Waals surface area contributed by atoms with Crippen LogP contribution in [0.1, 0.15) is 145 Å². The monoisotopic (exact) mass is 1290 g/mol. The van der Waals surface area contributed by atoms with E-state index in [1.807, 2.05) is 10.6 Å². The molecule has 508 valence electrons. The number of carboxylic acid groups (broad SMARTS) is 4. The summed E-state index contributed by atoms with van der Waals surface area (Å²) in [6, 6.07) is -18.5. The second kappa shape index (κ2) is 37.4. The van der Waals surface area contributed by atoms with Crippen LogP contribution in [0.5, 0.6) is 0 Å². The molecule has 0 aromatic carbocycles. The van der Waals surface area contributed by atoms with Gasteiger partial charge in [-0.1, -0.05) is 65.5 Å². The van der Waals surface area contributed by atoms with E-state index in [1.54, 1.807) is 26.0 Å². The van der Waals surface area contributed by atoms with Gasteiger partial charge in [0.25, 0.3) is 0 Å². The van der Waals surface area contributed by atoms with E-state index in [1.165, 1.54) is 13.8 Å². The quantitative estimate of drug-likeness (QED) is 0.0371. The molecule has 0 aromatic rings. The van der Waals surface area contributed by atoms with Crippen molar-refractivity contribution in [2.24, 2.45) is 23.5 Å². The maximum atomic E-state index is 15.2. The van der Waals surface area contributed by atoms with Crippen LogP contribution in [0, 0.1) is 17.8 Å². The lowest BCUT2D eigenvalue weighted by Crippen LogP contribution is -2.66. The first-order chi connectivity index (χ1) is 42.7. The number of piperidine rings is 1. The number of amides is 12. The molecular formula is C58H91N13O20. The fourth-order valence-electron chi connectivity index (χ4n) is 10.4. The van der Waals surface area contributed by atoms with Gasteiger partial charge in [0.1, 0.15) is 54.4 Å². The summed E-state index contributed by atoms with van der Waals surface area (Å²) in [5.41, 5.74) is 6.11. The van der Waals surface area contributed by atoms with Crippen molar-refractivity contribution in [3.05, 3.63) is 12.2 Å². The summed E-state index contributed by atoms with van der Waals surface area (Å²) >= 11 is 0. The van der Waals surface area contributed by atoms with E-state index in [2.05, 4.69) is 56.4 Å². The molecule has 12 amide bonds. The summed E-state index contributed by atoms with van der Waals surface area (Å²) < 4.78 is 0. The highest BCUT2D eigenvalue weighted by molar-refractivity contribution is 6.01. The Bertz CT molecular complexity index is 2710. The largest absolute Gasteiger partial charge is 0.481 e. The second-order valence-electron chi connectivity index (χ2n) is 23.9. The third kappa shape index (κ3) is 25.2. The Labute approximate surface area is 526 Å². The minimum atomic E-state index is -2.15. The smallest absolute Gasteiger partial charge is 0.308 e. The average Bonchev–Trinajstić information content (AvgIpc) is 1.87. The molecule has 0 aromatic heterocycles. The molecular weight excluding hydrogens is 1200 g/mol. The van der Waals surface area contributed by atoms with Crippen LogP contribution < -0.4 is 58.9 Å². The fourth-order valence-corrected chi connectivity index (χ4v) is 10.4. The normalized spacial score (nSPS) is 25.3. The number of carboxylic acids is 4. The Hall–Kier alpha value is -8.78. The Morgan fingerprint density at radius 2 is 1.11 bits per heavy atom. The summed E-state index contributed by atoms with van der Waals surface area (Å²) in [5.74, 6) is -21.9. The van der Waals surface area contributed by atoms with Gasteiger partial charge in [-0.2, -0.15) is 0 Å². The number of fused-ring (bicyclic) bond motifs is 2. The first-order valence-corrected chi connectivity index (χ1v) is 30.6. The summed E-state index contributed by atoms with van der Waals surface area (Å²) in [4.78, 5) is 218. The molecule has 33 heteroatoms. The lowest BCUT2D eigenvalue weighted by Gasteiger charge is -2.39. The van der Waals surface area contributed by atoms with E-state index in [-0.39, 0.29) is 51.6 Å². The average molecular weight is 1290 g/mol. The molecule has 3 saturated heterocycles. The van der Waals surface area contributed by atoms with Crippen molar-refractivity contribution in [1.82, 2.24) is 63.0 Å². The van der Waals surface area contributed by atoms with Crippen LogP contribution in [-0.2, 0) is 76.7 Å². The van der Waals surface area contributed by atoms with E-state index in [9.17, 15) is 92.3 Å². The number of rotatable bonds is 22. The standard InChI is InChI=1S/C58H91N13O20/c1-29(2)18-13-11-9-8-10-12-14-21-39(72)63-36(26-44(79)80)51(83)69-48-33(7)62-52(84)38-20-17-23-71(38)56(88)45(30(3)4)67-55(87)47(32(6)59)66-41(74)28-61-49(81)34(24-42(75)76)64-40(73)27-60-50(82)35(25-43(77)78)65-54(86)46(31(5)58(90)91)68-53(85)37-19-15-16-22-70(37)57(48)89/h12,14,29-38,45-48H,8-11,13,15-28,59H2,1-7H3,(H,60,82)(H,61,81)(H,62,84)(H,63,72)(H,64,73)(H,65,86)(H,66,74)(H,67,87)(H,68,85)(H,69,83)(H,75,76)(H,77,78)(H,79,80)(H,90,91)/b14-12-/t31-,32+,33+,34-,35-,36-,37+,38-,45+,46-,47+,48-/m0/s1. The van der Waals surface area contributed by atoms with Gasteiger partial charge in [0, 0.05) is 25.6 Å². The van der Waals surface area contributed by atoms with Gasteiger partial charge < -0.3 is 89.1 Å². The molecule has 0 spiro atoms. The molecule has 33 nitrogen and oxygen atoms in total. The highest BCUT2D eigenvalue weighted by Gasteiger charge is 2.45. The van der Waals surface area contributed by atoms with Crippen molar-refractivity contribution >= 4 is 94.8 Å². The van der Waals surface area contributed by atoms with Gasteiger partial charge in [-0.05, 0) is 77.6 Å². The third-order valence-corrected chi connectivity index (χ3v) is 15.5. The van der Waals surface area contributed by atoms with Crippen molar-refractivity contribution in [2.75, 3.05) is 26.2 Å². The van der Waals surface area contributed by atoms with Gasteiger partial charge in [0.05, 0.1) is 44.3 Å². The number of hydrogen-bond donors (Lipinski definition) is 15. The number of nitrogens with two attached hydrogens (primary N) is 1. The van der Waals surface area contributed by atoms with Gasteiger partial charge >= 0.3 is 23.9 Å². The number of hydrogen-bond acceptors (Lipinski definition) is 17. The molecule has 0 unspecified atom stereocenters. The second-order valence-corrected chi connectivity index (χ2v) is 23.9. The van der Waals surface area contributed by atoms with E-state index in [0.29, 0.717) is 12.3 Å².